The molecule has 2 aromatic carbocycles. The van der Waals surface area contributed by atoms with Gasteiger partial charge in [0.1, 0.15) is 22.1 Å². The van der Waals surface area contributed by atoms with Crippen molar-refractivity contribution in [2.75, 3.05) is 13.1 Å². The van der Waals surface area contributed by atoms with E-state index >= 15 is 0 Å². The molecule has 2 aromatic rings. The van der Waals surface area contributed by atoms with Crippen LogP contribution < -0.4 is 9.46 Å². The molecule has 1 N–H and O–H groups in total. The Balaban J connectivity index is 1.72. The Morgan fingerprint density at radius 2 is 1.61 bits per heavy atom. The molecule has 226 valence electrons. The van der Waals surface area contributed by atoms with Crippen LogP contribution in [0.1, 0.15) is 58.6 Å². The van der Waals surface area contributed by atoms with E-state index in [0.29, 0.717) is 6.07 Å². The number of piperidine rings is 1. The number of sulfonamides is 1. The number of amides is 1. The highest BCUT2D eigenvalue weighted by molar-refractivity contribution is 7.92. The first-order valence-corrected chi connectivity index (χ1v) is 15.6. The predicted octanol–water partition coefficient (Wildman–Crippen LogP) is 4.87. The fraction of sp³-hybridized carbons (Fsp3) is 0.500. The third-order valence-corrected chi connectivity index (χ3v) is 10.3. The summed E-state index contributed by atoms with van der Waals surface area (Å²) in [6.07, 6.45) is -5.64. The number of sulfone groups is 1. The van der Waals surface area contributed by atoms with E-state index in [-0.39, 0.29) is 37.1 Å². The number of rotatable bonds is 4. The van der Waals surface area contributed by atoms with E-state index in [0.717, 1.165) is 18.2 Å². The average Bonchev–Trinajstić information content (AvgIpc) is 2.80. The number of nitrogens with one attached hydrogen (secondary N) is 1. The quantitative estimate of drug-likeness (QED) is 0.483. The number of likely N-dealkylation sites (tertiary alicyclic amines) is 1. The van der Waals surface area contributed by atoms with Crippen LogP contribution in [0.3, 0.4) is 0 Å². The first-order chi connectivity index (χ1) is 18.6. The molecule has 0 radical (unpaired) electrons. The van der Waals surface area contributed by atoms with Crippen molar-refractivity contribution in [3.05, 3.63) is 47.3 Å². The van der Waals surface area contributed by atoms with Crippen LogP contribution in [0.2, 0.25) is 0 Å². The van der Waals surface area contributed by atoms with Crippen LogP contribution in [0.4, 0.5) is 22.4 Å². The van der Waals surface area contributed by atoms with Crippen LogP contribution >= 0.6 is 0 Å². The lowest BCUT2D eigenvalue weighted by molar-refractivity contribution is -0.275. The number of hydrogen-bond acceptors (Lipinski definition) is 7. The van der Waals surface area contributed by atoms with Crippen molar-refractivity contribution in [3.63, 3.8) is 0 Å². The second-order valence-electron chi connectivity index (χ2n) is 11.5. The number of carbonyl (C=O) groups is 1. The summed E-state index contributed by atoms with van der Waals surface area (Å²) < 4.78 is 120. The van der Waals surface area contributed by atoms with Crippen LogP contribution in [0, 0.1) is 5.82 Å². The topological polar surface area (TPSA) is 119 Å². The average molecular weight is 623 g/mol. The minimum absolute atomic E-state index is 0.114. The number of ether oxygens (including phenoxy) is 2. The standard InChI is InChI=1S/C26H30F4N2O7S2/c1-24(2,3)39-23(33)32-10-8-16(9-11-32)31-41(36,37)22-14-21-18(13-19(22)38-26(28,29)30)25(4,5)17-7-6-15(27)12-20(17)40(21,34)35/h6-7,12-14,16,31H,8-11H2,1-5H3. The minimum Gasteiger partial charge on any atom is -0.444 e. The molecule has 0 unspecified atom stereocenters. The molecule has 41 heavy (non-hydrogen) atoms. The third kappa shape index (κ3) is 6.31. The highest BCUT2D eigenvalue weighted by atomic mass is 32.2. The zero-order valence-corrected chi connectivity index (χ0v) is 24.6. The smallest absolute Gasteiger partial charge is 0.444 e. The number of benzene rings is 2. The molecule has 0 bridgehead atoms. The van der Waals surface area contributed by atoms with E-state index in [2.05, 4.69) is 9.46 Å². The third-order valence-electron chi connectivity index (χ3n) is 6.90. The zero-order valence-electron chi connectivity index (χ0n) is 22.9. The number of hydrogen-bond donors (Lipinski definition) is 1. The van der Waals surface area contributed by atoms with Crippen LogP contribution in [0.25, 0.3) is 0 Å². The maximum absolute atomic E-state index is 14.1. The van der Waals surface area contributed by atoms with Crippen LogP contribution in [0.15, 0.2) is 45.0 Å². The lowest BCUT2D eigenvalue weighted by Crippen LogP contribution is -2.47. The Hall–Kier alpha value is -2.91. The minimum atomic E-state index is -5.30. The number of fused-ring (bicyclic) bond motifs is 2. The number of alkyl halides is 3. The normalized spacial score (nSPS) is 18.8. The van der Waals surface area contributed by atoms with Crippen molar-refractivity contribution >= 4 is 26.0 Å². The molecule has 2 heterocycles. The van der Waals surface area contributed by atoms with Crippen LogP contribution in [0.5, 0.6) is 5.75 Å². The molecule has 0 saturated carbocycles. The number of nitrogens with zero attached hydrogens (tertiary/aromatic N) is 1. The van der Waals surface area contributed by atoms with Gasteiger partial charge in [0.25, 0.3) is 0 Å². The fourth-order valence-electron chi connectivity index (χ4n) is 4.95. The Labute approximate surface area is 235 Å². The van der Waals surface area contributed by atoms with E-state index in [1.165, 1.54) is 24.8 Å². The molecule has 1 saturated heterocycles. The lowest BCUT2D eigenvalue weighted by atomic mass is 9.77. The van der Waals surface area contributed by atoms with Gasteiger partial charge in [-0.15, -0.1) is 13.2 Å². The van der Waals surface area contributed by atoms with E-state index in [4.69, 9.17) is 4.74 Å². The molecule has 2 aliphatic heterocycles. The van der Waals surface area contributed by atoms with E-state index in [1.807, 2.05) is 0 Å². The Bertz CT molecular complexity index is 1590. The maximum Gasteiger partial charge on any atom is 0.573 e. The molecule has 0 spiro atoms. The molecule has 0 aliphatic carbocycles. The maximum atomic E-state index is 14.1. The van der Waals surface area contributed by atoms with Gasteiger partial charge in [0.2, 0.25) is 19.9 Å². The summed E-state index contributed by atoms with van der Waals surface area (Å²) in [5.41, 5.74) is -1.99. The largest absolute Gasteiger partial charge is 0.573 e. The Morgan fingerprint density at radius 3 is 2.17 bits per heavy atom. The monoisotopic (exact) mass is 622 g/mol. The second-order valence-corrected chi connectivity index (χ2v) is 15.0. The number of halogens is 4. The Kier molecular flexibility index (Phi) is 7.66. The lowest BCUT2D eigenvalue weighted by Gasteiger charge is -2.35. The second kappa shape index (κ2) is 10.1. The van der Waals surface area contributed by atoms with Gasteiger partial charge >= 0.3 is 12.5 Å². The Morgan fingerprint density at radius 1 is 1.02 bits per heavy atom. The molecule has 0 atom stereocenters. The van der Waals surface area contributed by atoms with Crippen molar-refractivity contribution in [2.24, 2.45) is 0 Å². The van der Waals surface area contributed by atoms with Gasteiger partial charge in [-0.05, 0) is 69.0 Å². The SMILES string of the molecule is CC(C)(C)OC(=O)N1CCC(NS(=O)(=O)c2cc3c(cc2OC(F)(F)F)C(C)(C)c2ccc(F)cc2S3(=O)=O)CC1. The van der Waals surface area contributed by atoms with Gasteiger partial charge in [-0.1, -0.05) is 19.9 Å². The molecule has 15 heteroatoms. The summed E-state index contributed by atoms with van der Waals surface area (Å²) in [5.74, 6) is -1.96. The molecular formula is C26H30F4N2O7S2. The van der Waals surface area contributed by atoms with Crippen LogP contribution in [-0.4, -0.2) is 58.9 Å². The zero-order chi connectivity index (χ0) is 30.8. The summed E-state index contributed by atoms with van der Waals surface area (Å²) in [6.45, 7) is 8.37. The van der Waals surface area contributed by atoms with Crippen molar-refractivity contribution < 1.29 is 48.7 Å². The van der Waals surface area contributed by atoms with Gasteiger partial charge in [-0.25, -0.2) is 30.7 Å². The van der Waals surface area contributed by atoms with Gasteiger partial charge in [0.15, 0.2) is 0 Å². The van der Waals surface area contributed by atoms with Gasteiger partial charge in [0, 0.05) is 24.5 Å². The van der Waals surface area contributed by atoms with Crippen molar-refractivity contribution in [1.29, 1.82) is 0 Å². The van der Waals surface area contributed by atoms with Gasteiger partial charge in [-0.3, -0.25) is 0 Å². The highest BCUT2D eigenvalue weighted by Gasteiger charge is 2.44. The molecule has 4 rings (SSSR count). The molecule has 1 fully saturated rings. The first-order valence-electron chi connectivity index (χ1n) is 12.6. The predicted molar refractivity (Wildman–Crippen MR) is 138 cm³/mol. The van der Waals surface area contributed by atoms with Gasteiger partial charge in [0.05, 0.1) is 9.79 Å². The van der Waals surface area contributed by atoms with E-state index < -0.39 is 75.6 Å². The fourth-order valence-corrected chi connectivity index (χ4v) is 8.46. The summed E-state index contributed by atoms with van der Waals surface area (Å²) in [6, 6.07) is 3.65. The summed E-state index contributed by atoms with van der Waals surface area (Å²) >= 11 is 0. The molecule has 9 nitrogen and oxygen atoms in total. The highest BCUT2D eigenvalue weighted by Crippen LogP contribution is 2.48. The van der Waals surface area contributed by atoms with E-state index in [1.54, 1.807) is 20.8 Å². The van der Waals surface area contributed by atoms with Crippen molar-refractivity contribution in [3.8, 4) is 5.75 Å². The summed E-state index contributed by atoms with van der Waals surface area (Å²) in [7, 11) is -9.31. The van der Waals surface area contributed by atoms with Gasteiger partial charge < -0.3 is 14.4 Å². The molecule has 1 amide bonds. The molecular weight excluding hydrogens is 592 g/mol. The van der Waals surface area contributed by atoms with E-state index in [9.17, 15) is 39.2 Å². The first kappa shape index (κ1) is 31.0. The molecule has 2 aliphatic rings. The van der Waals surface area contributed by atoms with Crippen molar-refractivity contribution in [1.82, 2.24) is 9.62 Å². The van der Waals surface area contributed by atoms with Crippen LogP contribution in [-0.2, 0) is 30.0 Å². The summed E-state index contributed by atoms with van der Waals surface area (Å²) in [4.78, 5) is 11.7. The number of carbonyl (C=O) groups excluding carboxylic acids is 1. The summed E-state index contributed by atoms with van der Waals surface area (Å²) in [5, 5.41) is 0. The molecule has 0 aromatic heterocycles. The van der Waals surface area contributed by atoms with Gasteiger partial charge in [-0.2, -0.15) is 0 Å². The van der Waals surface area contributed by atoms with Crippen molar-refractivity contribution in [2.45, 2.75) is 85.6 Å².